The van der Waals surface area contributed by atoms with Crippen LogP contribution in [0.4, 0.5) is 0 Å². The Bertz CT molecular complexity index is 478. The molecule has 0 fully saturated rings. The zero-order valence-electron chi connectivity index (χ0n) is 6.47. The van der Waals surface area contributed by atoms with Gasteiger partial charge >= 0.3 is 0 Å². The minimum atomic E-state index is 0.554. The third-order valence-electron chi connectivity index (χ3n) is 1.84. The Morgan fingerprint density at radius 2 is 2.23 bits per heavy atom. The molecule has 0 unspecified atom stereocenters. The summed E-state index contributed by atoms with van der Waals surface area (Å²) >= 11 is 9.25. The molecule has 0 radical (unpaired) electrons. The molecule has 0 aliphatic carbocycles. The molecule has 0 aliphatic rings. The molecular weight excluding hydrogens is 253 g/mol. The van der Waals surface area contributed by atoms with E-state index < -0.39 is 0 Å². The summed E-state index contributed by atoms with van der Waals surface area (Å²) < 4.78 is 0.816. The van der Waals surface area contributed by atoms with Crippen LogP contribution >= 0.6 is 27.5 Å². The van der Waals surface area contributed by atoms with E-state index in [1.807, 2.05) is 6.07 Å². The first-order valence-electron chi connectivity index (χ1n) is 3.64. The molecule has 66 valence electrons. The van der Waals surface area contributed by atoms with Crippen molar-refractivity contribution in [3.8, 4) is 0 Å². The molecule has 0 amide bonds. The first-order chi connectivity index (χ1) is 6.22. The van der Waals surface area contributed by atoms with Gasteiger partial charge in [0.25, 0.3) is 0 Å². The van der Waals surface area contributed by atoms with Gasteiger partial charge in [-0.25, -0.2) is 0 Å². The molecule has 2 rings (SSSR count). The molecule has 0 atom stereocenters. The lowest BCUT2D eigenvalue weighted by molar-refractivity contribution is 0.112. The molecule has 0 aliphatic heterocycles. The second-order valence-electron chi connectivity index (χ2n) is 2.67. The number of fused-ring (bicyclic) bond motifs is 1. The van der Waals surface area contributed by atoms with Crippen LogP contribution < -0.4 is 0 Å². The van der Waals surface area contributed by atoms with E-state index in [-0.39, 0.29) is 0 Å². The molecule has 0 saturated heterocycles. The van der Waals surface area contributed by atoms with Crippen molar-refractivity contribution in [1.29, 1.82) is 0 Å². The van der Waals surface area contributed by atoms with Crippen molar-refractivity contribution in [3.63, 3.8) is 0 Å². The summed E-state index contributed by atoms with van der Waals surface area (Å²) in [4.78, 5) is 13.4. The monoisotopic (exact) mass is 257 g/mol. The summed E-state index contributed by atoms with van der Waals surface area (Å²) in [5.41, 5.74) is 1.45. The van der Waals surface area contributed by atoms with E-state index in [1.54, 1.807) is 12.1 Å². The van der Waals surface area contributed by atoms with Gasteiger partial charge in [0.2, 0.25) is 0 Å². The van der Waals surface area contributed by atoms with E-state index in [1.165, 1.54) is 0 Å². The molecule has 0 spiro atoms. The topological polar surface area (TPSA) is 32.9 Å². The van der Waals surface area contributed by atoms with E-state index in [2.05, 4.69) is 20.9 Å². The number of H-pyrrole nitrogens is 1. The van der Waals surface area contributed by atoms with Crippen LogP contribution in [-0.2, 0) is 0 Å². The highest BCUT2D eigenvalue weighted by atomic mass is 79.9. The van der Waals surface area contributed by atoms with Gasteiger partial charge in [-0.15, -0.1) is 0 Å². The predicted octanol–water partition coefficient (Wildman–Crippen LogP) is 3.40. The van der Waals surface area contributed by atoms with E-state index in [9.17, 15) is 4.79 Å². The first kappa shape index (κ1) is 8.78. The highest BCUT2D eigenvalue weighted by Crippen LogP contribution is 2.31. The van der Waals surface area contributed by atoms with Crippen molar-refractivity contribution in [2.45, 2.75) is 0 Å². The van der Waals surface area contributed by atoms with Crippen LogP contribution in [0.5, 0.6) is 0 Å². The standard InChI is InChI=1S/C9H5BrClNO/c10-9-6-3-5(4-13)12-8(6)2-1-7(9)11/h1-4,12H. The van der Waals surface area contributed by atoms with Crippen molar-refractivity contribution in [2.24, 2.45) is 0 Å². The lowest BCUT2D eigenvalue weighted by Crippen LogP contribution is -1.74. The third kappa shape index (κ3) is 1.38. The largest absolute Gasteiger partial charge is 0.352 e. The maximum absolute atomic E-state index is 10.5. The van der Waals surface area contributed by atoms with Gasteiger partial charge in [-0.2, -0.15) is 0 Å². The van der Waals surface area contributed by atoms with Crippen LogP contribution in [0.1, 0.15) is 10.5 Å². The smallest absolute Gasteiger partial charge is 0.166 e. The minimum Gasteiger partial charge on any atom is -0.352 e. The Balaban J connectivity index is 2.83. The summed E-state index contributed by atoms with van der Waals surface area (Å²) in [5.74, 6) is 0. The number of nitrogens with one attached hydrogen (secondary N) is 1. The van der Waals surface area contributed by atoms with Crippen molar-refractivity contribution in [1.82, 2.24) is 4.98 Å². The van der Waals surface area contributed by atoms with E-state index >= 15 is 0 Å². The van der Waals surface area contributed by atoms with E-state index in [4.69, 9.17) is 11.6 Å². The molecule has 13 heavy (non-hydrogen) atoms. The number of carbonyl (C=O) groups is 1. The maximum Gasteiger partial charge on any atom is 0.166 e. The fourth-order valence-corrected chi connectivity index (χ4v) is 1.85. The molecular formula is C9H5BrClNO. The molecule has 1 aromatic heterocycles. The van der Waals surface area contributed by atoms with Gasteiger partial charge in [-0.05, 0) is 34.1 Å². The zero-order chi connectivity index (χ0) is 9.42. The van der Waals surface area contributed by atoms with E-state index in [0.717, 1.165) is 21.7 Å². The SMILES string of the molecule is O=Cc1cc2c(Br)c(Cl)ccc2[nH]1. The number of hydrogen-bond donors (Lipinski definition) is 1. The van der Waals surface area contributed by atoms with Crippen molar-refractivity contribution < 1.29 is 4.79 Å². The van der Waals surface area contributed by atoms with Gasteiger partial charge in [-0.1, -0.05) is 11.6 Å². The maximum atomic E-state index is 10.5. The second kappa shape index (κ2) is 3.16. The van der Waals surface area contributed by atoms with Gasteiger partial charge in [0.15, 0.2) is 6.29 Å². The van der Waals surface area contributed by atoms with Gasteiger partial charge in [-0.3, -0.25) is 4.79 Å². The van der Waals surface area contributed by atoms with Gasteiger partial charge in [0.05, 0.1) is 10.7 Å². The van der Waals surface area contributed by atoms with Crippen LogP contribution in [0, 0.1) is 0 Å². The van der Waals surface area contributed by atoms with E-state index in [0.29, 0.717) is 10.7 Å². The first-order valence-corrected chi connectivity index (χ1v) is 4.81. The molecule has 4 heteroatoms. The second-order valence-corrected chi connectivity index (χ2v) is 3.87. The molecule has 0 saturated carbocycles. The fourth-order valence-electron chi connectivity index (χ4n) is 1.23. The summed E-state index contributed by atoms with van der Waals surface area (Å²) in [6, 6.07) is 5.38. The number of hydrogen-bond acceptors (Lipinski definition) is 1. The average molecular weight is 259 g/mol. The highest BCUT2D eigenvalue weighted by Gasteiger charge is 2.05. The summed E-state index contributed by atoms with van der Waals surface area (Å²) in [6.45, 7) is 0. The van der Waals surface area contributed by atoms with Crippen LogP contribution in [0.3, 0.4) is 0 Å². The highest BCUT2D eigenvalue weighted by molar-refractivity contribution is 9.10. The number of halogens is 2. The van der Waals surface area contributed by atoms with Crippen molar-refractivity contribution >= 4 is 44.7 Å². The Labute approximate surface area is 88.0 Å². The van der Waals surface area contributed by atoms with Crippen LogP contribution in [0.15, 0.2) is 22.7 Å². The third-order valence-corrected chi connectivity index (χ3v) is 3.24. The Morgan fingerprint density at radius 3 is 2.92 bits per heavy atom. The number of aromatic nitrogens is 1. The van der Waals surface area contributed by atoms with Gasteiger partial charge in [0, 0.05) is 15.4 Å². The number of rotatable bonds is 1. The van der Waals surface area contributed by atoms with Gasteiger partial charge < -0.3 is 4.98 Å². The molecule has 1 aromatic carbocycles. The molecule has 0 bridgehead atoms. The molecule has 2 nitrogen and oxygen atoms in total. The van der Waals surface area contributed by atoms with Crippen LogP contribution in [-0.4, -0.2) is 11.3 Å². The summed E-state index contributed by atoms with van der Waals surface area (Å²) in [7, 11) is 0. The summed E-state index contributed by atoms with van der Waals surface area (Å²) in [6.07, 6.45) is 0.778. The molecule has 2 aromatic rings. The zero-order valence-corrected chi connectivity index (χ0v) is 8.82. The number of aldehydes is 1. The Morgan fingerprint density at radius 1 is 1.46 bits per heavy atom. The summed E-state index contributed by atoms with van der Waals surface area (Å²) in [5, 5.41) is 1.57. The van der Waals surface area contributed by atoms with Crippen LogP contribution in [0.2, 0.25) is 5.02 Å². The fraction of sp³-hybridized carbons (Fsp3) is 0. The predicted molar refractivity (Wildman–Crippen MR) is 56.4 cm³/mol. The van der Waals surface area contributed by atoms with Gasteiger partial charge in [0.1, 0.15) is 0 Å². The molecule has 1 N–H and O–H groups in total. The quantitative estimate of drug-likeness (QED) is 0.781. The van der Waals surface area contributed by atoms with Crippen molar-refractivity contribution in [3.05, 3.63) is 33.4 Å². The molecule has 1 heterocycles. The van der Waals surface area contributed by atoms with Crippen LogP contribution in [0.25, 0.3) is 10.9 Å². The average Bonchev–Trinajstić information content (AvgIpc) is 2.55. The Kier molecular flexibility index (Phi) is 2.14. The Hall–Kier alpha value is -0.800. The lowest BCUT2D eigenvalue weighted by atomic mass is 10.2. The normalized spacial score (nSPS) is 10.6. The lowest BCUT2D eigenvalue weighted by Gasteiger charge is -1.95. The number of benzene rings is 1. The minimum absolute atomic E-state index is 0.554. The number of aromatic amines is 1. The number of carbonyl (C=O) groups excluding carboxylic acids is 1. The van der Waals surface area contributed by atoms with Crippen molar-refractivity contribution in [2.75, 3.05) is 0 Å².